The fourth-order valence-electron chi connectivity index (χ4n) is 3.06. The molecule has 3 heterocycles. The maximum atomic E-state index is 12.8. The Morgan fingerprint density at radius 1 is 1.36 bits per heavy atom. The van der Waals surface area contributed by atoms with Gasteiger partial charge in [-0.15, -0.1) is 11.3 Å². The minimum Gasteiger partial charge on any atom is -0.348 e. The molecule has 1 aliphatic rings. The van der Waals surface area contributed by atoms with E-state index in [0.717, 1.165) is 40.6 Å². The minimum atomic E-state index is -0.382. The first-order valence-electron chi connectivity index (χ1n) is 8.22. The first-order valence-corrected chi connectivity index (χ1v) is 9.10. The molecule has 3 aromatic rings. The molecular weight excluding hydrogens is 334 g/mol. The summed E-state index contributed by atoms with van der Waals surface area (Å²) in [6.45, 7) is 1.26. The molecule has 0 radical (unpaired) electrons. The first kappa shape index (κ1) is 16.0. The highest BCUT2D eigenvalue weighted by molar-refractivity contribution is 7.13. The molecule has 1 atom stereocenters. The zero-order valence-corrected chi connectivity index (χ0v) is 14.7. The van der Waals surface area contributed by atoms with Crippen molar-refractivity contribution in [2.45, 2.75) is 19.0 Å². The number of fused-ring (bicyclic) bond motifs is 1. The Morgan fingerprint density at radius 3 is 3.04 bits per heavy atom. The van der Waals surface area contributed by atoms with Crippen LogP contribution in [0.5, 0.6) is 0 Å². The summed E-state index contributed by atoms with van der Waals surface area (Å²) in [6, 6.07) is 9.70. The van der Waals surface area contributed by atoms with Crippen molar-refractivity contribution in [1.82, 2.24) is 25.2 Å². The monoisotopic (exact) mass is 353 g/mol. The van der Waals surface area contributed by atoms with Gasteiger partial charge in [-0.1, -0.05) is 30.3 Å². The highest BCUT2D eigenvalue weighted by atomic mass is 32.1. The molecule has 7 heteroatoms. The maximum absolute atomic E-state index is 12.8. The van der Waals surface area contributed by atoms with E-state index in [1.807, 2.05) is 42.8 Å². The van der Waals surface area contributed by atoms with Gasteiger partial charge in [-0.05, 0) is 0 Å². The van der Waals surface area contributed by atoms with Gasteiger partial charge >= 0.3 is 0 Å². The number of nitrogens with zero attached hydrogens (tertiary/aromatic N) is 3. The van der Waals surface area contributed by atoms with Gasteiger partial charge in [-0.25, -0.2) is 9.97 Å². The number of carbonyl (C=O) groups excluding carboxylic acids is 1. The Morgan fingerprint density at radius 2 is 2.20 bits per heavy atom. The van der Waals surface area contributed by atoms with Gasteiger partial charge in [0.25, 0.3) is 0 Å². The number of carbonyl (C=O) groups is 1. The Hall–Kier alpha value is -2.51. The smallest absolute Gasteiger partial charge is 0.246 e. The molecule has 1 amide bonds. The van der Waals surface area contributed by atoms with Crippen LogP contribution in [0.4, 0.5) is 0 Å². The molecule has 4 rings (SSSR count). The van der Waals surface area contributed by atoms with E-state index < -0.39 is 0 Å². The summed E-state index contributed by atoms with van der Waals surface area (Å²) in [7, 11) is 1.81. The third-order valence-electron chi connectivity index (χ3n) is 4.34. The van der Waals surface area contributed by atoms with Crippen LogP contribution in [0, 0.1) is 0 Å². The largest absolute Gasteiger partial charge is 0.348 e. The van der Waals surface area contributed by atoms with E-state index in [4.69, 9.17) is 0 Å². The summed E-state index contributed by atoms with van der Waals surface area (Å²) in [5, 5.41) is 6.26. The zero-order chi connectivity index (χ0) is 17.2. The predicted octanol–water partition coefficient (Wildman–Crippen LogP) is 2.38. The van der Waals surface area contributed by atoms with Gasteiger partial charge in [0.15, 0.2) is 0 Å². The van der Waals surface area contributed by atoms with Gasteiger partial charge in [0, 0.05) is 36.7 Å². The number of thiazole rings is 1. The lowest BCUT2D eigenvalue weighted by Crippen LogP contribution is -2.42. The van der Waals surface area contributed by atoms with Crippen molar-refractivity contribution >= 4 is 17.2 Å². The number of H-pyrrole nitrogens is 1. The average molecular weight is 353 g/mol. The second-order valence-corrected chi connectivity index (χ2v) is 6.97. The van der Waals surface area contributed by atoms with Crippen LogP contribution in [-0.4, -0.2) is 39.4 Å². The summed E-state index contributed by atoms with van der Waals surface area (Å²) in [4.78, 5) is 26.6. The van der Waals surface area contributed by atoms with Crippen molar-refractivity contribution in [3.63, 3.8) is 0 Å². The minimum absolute atomic E-state index is 0.0160. The fraction of sp³-hybridized carbons (Fsp3) is 0.278. The molecule has 0 spiro atoms. The number of aromatic nitrogens is 3. The van der Waals surface area contributed by atoms with Crippen LogP contribution in [0.2, 0.25) is 0 Å². The number of hydrogen-bond donors (Lipinski definition) is 2. The van der Waals surface area contributed by atoms with E-state index in [0.29, 0.717) is 6.54 Å². The van der Waals surface area contributed by atoms with Gasteiger partial charge in [-0.3, -0.25) is 4.79 Å². The van der Waals surface area contributed by atoms with Crippen LogP contribution in [-0.2, 0) is 17.8 Å². The van der Waals surface area contributed by atoms with Gasteiger partial charge in [0.2, 0.25) is 5.91 Å². The molecule has 2 N–H and O–H groups in total. The first-order chi connectivity index (χ1) is 12.2. The van der Waals surface area contributed by atoms with Crippen molar-refractivity contribution in [3.05, 3.63) is 59.1 Å². The normalized spacial score (nSPS) is 16.4. The summed E-state index contributed by atoms with van der Waals surface area (Å²) in [5.41, 5.74) is 3.86. The SMILES string of the molecule is CN(Cc1csc(-c2ccccc2)n1)C(=O)[C@H]1NCCc2[nH]cnc21. The Balaban J connectivity index is 1.47. The molecule has 25 heavy (non-hydrogen) atoms. The molecule has 128 valence electrons. The summed E-state index contributed by atoms with van der Waals surface area (Å²) >= 11 is 1.60. The van der Waals surface area contributed by atoms with E-state index in [2.05, 4.69) is 20.3 Å². The number of aromatic amines is 1. The molecule has 0 saturated heterocycles. The number of rotatable bonds is 4. The van der Waals surface area contributed by atoms with Crippen LogP contribution >= 0.6 is 11.3 Å². The van der Waals surface area contributed by atoms with Crippen molar-refractivity contribution < 1.29 is 4.79 Å². The number of imidazole rings is 1. The number of amides is 1. The second kappa shape index (κ2) is 6.78. The van der Waals surface area contributed by atoms with Gasteiger partial charge in [0.1, 0.15) is 11.0 Å². The van der Waals surface area contributed by atoms with Gasteiger partial charge in [0.05, 0.1) is 24.3 Å². The van der Waals surface area contributed by atoms with E-state index in [1.165, 1.54) is 0 Å². The second-order valence-electron chi connectivity index (χ2n) is 6.11. The van der Waals surface area contributed by atoms with E-state index in [-0.39, 0.29) is 11.9 Å². The molecule has 1 aromatic carbocycles. The predicted molar refractivity (Wildman–Crippen MR) is 97.1 cm³/mol. The van der Waals surface area contributed by atoms with Crippen LogP contribution in [0.3, 0.4) is 0 Å². The van der Waals surface area contributed by atoms with Crippen LogP contribution in [0.1, 0.15) is 23.1 Å². The number of likely N-dealkylation sites (N-methyl/N-ethyl adjacent to an activating group) is 1. The molecular formula is C18H19N5OS. The van der Waals surface area contributed by atoms with Crippen molar-refractivity contribution in [2.24, 2.45) is 0 Å². The zero-order valence-electron chi connectivity index (χ0n) is 13.9. The van der Waals surface area contributed by atoms with Crippen LogP contribution in [0.15, 0.2) is 42.0 Å². The Kier molecular flexibility index (Phi) is 4.33. The molecule has 0 aliphatic carbocycles. The quantitative estimate of drug-likeness (QED) is 0.755. The number of nitrogens with one attached hydrogen (secondary N) is 2. The van der Waals surface area contributed by atoms with Crippen molar-refractivity contribution in [2.75, 3.05) is 13.6 Å². The molecule has 0 bridgehead atoms. The third kappa shape index (κ3) is 3.20. The fourth-order valence-corrected chi connectivity index (χ4v) is 3.87. The van der Waals surface area contributed by atoms with Crippen LogP contribution in [0.25, 0.3) is 10.6 Å². The third-order valence-corrected chi connectivity index (χ3v) is 5.28. The lowest BCUT2D eigenvalue weighted by Gasteiger charge is -2.26. The van der Waals surface area contributed by atoms with Gasteiger partial charge < -0.3 is 15.2 Å². The maximum Gasteiger partial charge on any atom is 0.246 e. The summed E-state index contributed by atoms with van der Waals surface area (Å²) in [5.74, 6) is 0.0160. The Labute approximate surface area is 149 Å². The topological polar surface area (TPSA) is 73.9 Å². The standard InChI is InChI=1S/C18H19N5OS/c1-23(18(24)16-15-14(7-8-19-16)20-11-21-15)9-13-10-25-17(22-13)12-5-3-2-4-6-12/h2-6,10-11,16,19H,7-9H2,1H3,(H,20,21)/t16-/m0/s1. The molecule has 0 fully saturated rings. The molecule has 0 unspecified atom stereocenters. The highest BCUT2D eigenvalue weighted by Gasteiger charge is 2.30. The lowest BCUT2D eigenvalue weighted by atomic mass is 10.0. The lowest BCUT2D eigenvalue weighted by molar-refractivity contribution is -0.133. The number of benzene rings is 1. The van der Waals surface area contributed by atoms with Crippen LogP contribution < -0.4 is 5.32 Å². The highest BCUT2D eigenvalue weighted by Crippen LogP contribution is 2.25. The van der Waals surface area contributed by atoms with E-state index in [9.17, 15) is 4.79 Å². The van der Waals surface area contributed by atoms with Crippen molar-refractivity contribution in [1.29, 1.82) is 0 Å². The average Bonchev–Trinajstić information content (AvgIpc) is 3.30. The molecule has 1 aliphatic heterocycles. The van der Waals surface area contributed by atoms with Crippen molar-refractivity contribution in [3.8, 4) is 10.6 Å². The van der Waals surface area contributed by atoms with Gasteiger partial charge in [-0.2, -0.15) is 0 Å². The van der Waals surface area contributed by atoms with E-state index in [1.54, 1.807) is 22.6 Å². The summed E-state index contributed by atoms with van der Waals surface area (Å²) < 4.78 is 0. The molecule has 0 saturated carbocycles. The number of hydrogen-bond acceptors (Lipinski definition) is 5. The molecule has 6 nitrogen and oxygen atoms in total. The summed E-state index contributed by atoms with van der Waals surface area (Å²) in [6.07, 6.45) is 2.53. The molecule has 2 aromatic heterocycles. The van der Waals surface area contributed by atoms with E-state index >= 15 is 0 Å². The Bertz CT molecular complexity index is 872.